The topological polar surface area (TPSA) is 71.0 Å². The number of halogens is 3. The number of carbonyl (C=O) groups is 1. The number of benzene rings is 1. The predicted octanol–water partition coefficient (Wildman–Crippen LogP) is 3.59. The first-order valence-corrected chi connectivity index (χ1v) is 9.69. The van der Waals surface area contributed by atoms with Gasteiger partial charge in [-0.25, -0.2) is 9.97 Å². The molecule has 1 aliphatic heterocycles. The van der Waals surface area contributed by atoms with E-state index < -0.39 is 12.1 Å². The normalized spacial score (nSPS) is 17.2. The van der Waals surface area contributed by atoms with Gasteiger partial charge in [0, 0.05) is 43.0 Å². The number of rotatable bonds is 4. The summed E-state index contributed by atoms with van der Waals surface area (Å²) in [5.41, 5.74) is 1.57. The zero-order valence-electron chi connectivity index (χ0n) is 16.1. The maximum Gasteiger partial charge on any atom is 0.471 e. The lowest BCUT2D eigenvalue weighted by molar-refractivity contribution is -0.173. The second-order valence-electron chi connectivity index (χ2n) is 7.29. The van der Waals surface area contributed by atoms with Crippen molar-refractivity contribution in [1.82, 2.24) is 20.3 Å². The standard InChI is InChI=1S/C21H20F3N5O/c22-21(23,24)20(30)26-11-14-5-4-10-29(13-14)19-16-7-1-2-8-17(16)27-18(28-19)15-6-3-9-25-12-15/h1-3,6-9,12,14H,4-5,10-11,13H2,(H,26,30). The number of pyridine rings is 1. The molecule has 30 heavy (non-hydrogen) atoms. The van der Waals surface area contributed by atoms with Crippen molar-refractivity contribution < 1.29 is 18.0 Å². The number of hydrogen-bond acceptors (Lipinski definition) is 5. The maximum absolute atomic E-state index is 12.5. The predicted molar refractivity (Wildman–Crippen MR) is 107 cm³/mol. The van der Waals surface area contributed by atoms with Crippen LogP contribution in [0.25, 0.3) is 22.3 Å². The van der Waals surface area contributed by atoms with Crippen molar-refractivity contribution in [2.45, 2.75) is 19.0 Å². The van der Waals surface area contributed by atoms with E-state index in [1.165, 1.54) is 0 Å². The van der Waals surface area contributed by atoms with Gasteiger partial charge in [0.2, 0.25) is 0 Å². The molecule has 6 nitrogen and oxygen atoms in total. The van der Waals surface area contributed by atoms with E-state index in [-0.39, 0.29) is 12.5 Å². The monoisotopic (exact) mass is 415 g/mol. The molecule has 1 aromatic carbocycles. The molecule has 0 bridgehead atoms. The minimum Gasteiger partial charge on any atom is -0.356 e. The summed E-state index contributed by atoms with van der Waals surface area (Å²) in [6.45, 7) is 1.22. The number of para-hydroxylation sites is 1. The molecule has 0 aliphatic carbocycles. The van der Waals surface area contributed by atoms with Gasteiger partial charge in [-0.1, -0.05) is 12.1 Å². The first-order chi connectivity index (χ1) is 14.4. The Bertz CT molecular complexity index is 1040. The van der Waals surface area contributed by atoms with E-state index in [2.05, 4.69) is 14.9 Å². The van der Waals surface area contributed by atoms with Gasteiger partial charge in [0.25, 0.3) is 0 Å². The Balaban J connectivity index is 1.61. The van der Waals surface area contributed by atoms with E-state index in [0.717, 1.165) is 41.7 Å². The van der Waals surface area contributed by atoms with Gasteiger partial charge in [-0.15, -0.1) is 0 Å². The van der Waals surface area contributed by atoms with Crippen LogP contribution in [0.1, 0.15) is 12.8 Å². The zero-order chi connectivity index (χ0) is 21.1. The van der Waals surface area contributed by atoms with Gasteiger partial charge in [0.15, 0.2) is 5.82 Å². The Morgan fingerprint density at radius 2 is 2.00 bits per heavy atom. The third-order valence-electron chi connectivity index (χ3n) is 5.13. The van der Waals surface area contributed by atoms with Gasteiger partial charge in [-0.2, -0.15) is 13.2 Å². The summed E-state index contributed by atoms with van der Waals surface area (Å²) in [5, 5.41) is 2.89. The Labute approximate surface area is 171 Å². The number of carbonyl (C=O) groups excluding carboxylic acids is 1. The largest absolute Gasteiger partial charge is 0.471 e. The van der Waals surface area contributed by atoms with Crippen molar-refractivity contribution in [1.29, 1.82) is 0 Å². The zero-order valence-corrected chi connectivity index (χ0v) is 16.1. The quantitative estimate of drug-likeness (QED) is 0.705. The summed E-state index contributed by atoms with van der Waals surface area (Å²) in [5.74, 6) is -0.706. The molecule has 1 N–H and O–H groups in total. The molecule has 156 valence electrons. The summed E-state index contributed by atoms with van der Waals surface area (Å²) in [7, 11) is 0. The van der Waals surface area contributed by atoms with Gasteiger partial charge >= 0.3 is 12.1 Å². The fourth-order valence-corrected chi connectivity index (χ4v) is 3.69. The highest BCUT2D eigenvalue weighted by molar-refractivity contribution is 5.91. The van der Waals surface area contributed by atoms with Crippen LogP contribution in [0.5, 0.6) is 0 Å². The summed E-state index contributed by atoms with van der Waals surface area (Å²) in [6, 6.07) is 11.3. The lowest BCUT2D eigenvalue weighted by Gasteiger charge is -2.34. The number of anilines is 1. The van der Waals surface area contributed by atoms with E-state index >= 15 is 0 Å². The molecule has 1 amide bonds. The van der Waals surface area contributed by atoms with Gasteiger partial charge in [-0.3, -0.25) is 9.78 Å². The summed E-state index contributed by atoms with van der Waals surface area (Å²) in [4.78, 5) is 26.8. The first-order valence-electron chi connectivity index (χ1n) is 9.69. The lowest BCUT2D eigenvalue weighted by atomic mass is 9.97. The van der Waals surface area contributed by atoms with Gasteiger partial charge < -0.3 is 10.2 Å². The molecule has 3 heterocycles. The molecular weight excluding hydrogens is 395 g/mol. The molecule has 0 radical (unpaired) electrons. The highest BCUT2D eigenvalue weighted by atomic mass is 19.4. The Morgan fingerprint density at radius 3 is 2.77 bits per heavy atom. The number of hydrogen-bond donors (Lipinski definition) is 1. The van der Waals surface area contributed by atoms with Crippen LogP contribution in [0.2, 0.25) is 0 Å². The maximum atomic E-state index is 12.5. The van der Waals surface area contributed by atoms with Crippen molar-refractivity contribution >= 4 is 22.6 Å². The molecule has 4 rings (SSSR count). The second-order valence-corrected chi connectivity index (χ2v) is 7.29. The number of fused-ring (bicyclic) bond motifs is 1. The van der Waals surface area contributed by atoms with E-state index in [1.54, 1.807) is 12.4 Å². The van der Waals surface area contributed by atoms with Crippen LogP contribution >= 0.6 is 0 Å². The number of aromatic nitrogens is 3. The van der Waals surface area contributed by atoms with E-state index in [1.807, 2.05) is 41.7 Å². The summed E-state index contributed by atoms with van der Waals surface area (Å²) >= 11 is 0. The second kappa shape index (κ2) is 8.25. The third-order valence-corrected chi connectivity index (χ3v) is 5.13. The van der Waals surface area contributed by atoms with Crippen LogP contribution in [0, 0.1) is 5.92 Å². The molecule has 0 saturated carbocycles. The fraction of sp³-hybridized carbons (Fsp3) is 0.333. The van der Waals surface area contributed by atoms with E-state index in [0.29, 0.717) is 12.4 Å². The fourth-order valence-electron chi connectivity index (χ4n) is 3.69. The smallest absolute Gasteiger partial charge is 0.356 e. The Morgan fingerprint density at radius 1 is 1.17 bits per heavy atom. The average Bonchev–Trinajstić information content (AvgIpc) is 2.77. The lowest BCUT2D eigenvalue weighted by Crippen LogP contribution is -2.44. The van der Waals surface area contributed by atoms with Crippen LogP contribution in [0.15, 0.2) is 48.8 Å². The van der Waals surface area contributed by atoms with Crippen molar-refractivity contribution in [2.75, 3.05) is 24.5 Å². The van der Waals surface area contributed by atoms with Crippen molar-refractivity contribution in [2.24, 2.45) is 5.92 Å². The minimum absolute atomic E-state index is 0.0205. The third kappa shape index (κ3) is 4.34. The summed E-state index contributed by atoms with van der Waals surface area (Å²) < 4.78 is 37.4. The number of alkyl halides is 3. The molecule has 1 atom stereocenters. The molecule has 2 aromatic heterocycles. The molecule has 3 aromatic rings. The molecule has 1 saturated heterocycles. The average molecular weight is 415 g/mol. The first kappa shape index (κ1) is 20.1. The molecule has 9 heteroatoms. The Hall–Kier alpha value is -3.23. The van der Waals surface area contributed by atoms with Crippen molar-refractivity contribution in [3.63, 3.8) is 0 Å². The van der Waals surface area contributed by atoms with Crippen LogP contribution in [0.4, 0.5) is 19.0 Å². The minimum atomic E-state index is -4.87. The van der Waals surface area contributed by atoms with Crippen molar-refractivity contribution in [3.8, 4) is 11.4 Å². The summed E-state index contributed by atoms with van der Waals surface area (Å²) in [6.07, 6.45) is 0.0472. The van der Waals surface area contributed by atoms with Crippen LogP contribution < -0.4 is 10.2 Å². The van der Waals surface area contributed by atoms with Crippen molar-refractivity contribution in [3.05, 3.63) is 48.8 Å². The van der Waals surface area contributed by atoms with Crippen LogP contribution in [-0.4, -0.2) is 46.7 Å². The molecule has 1 fully saturated rings. The molecular formula is C21H20F3N5O. The van der Waals surface area contributed by atoms with Gasteiger partial charge in [0.05, 0.1) is 5.52 Å². The van der Waals surface area contributed by atoms with E-state index in [4.69, 9.17) is 4.98 Å². The van der Waals surface area contributed by atoms with Gasteiger partial charge in [-0.05, 0) is 43.0 Å². The van der Waals surface area contributed by atoms with Crippen LogP contribution in [0.3, 0.4) is 0 Å². The van der Waals surface area contributed by atoms with Gasteiger partial charge in [0.1, 0.15) is 5.82 Å². The molecule has 1 aliphatic rings. The number of amides is 1. The highest BCUT2D eigenvalue weighted by Gasteiger charge is 2.38. The number of piperidine rings is 1. The SMILES string of the molecule is O=C(NCC1CCCN(c2nc(-c3cccnc3)nc3ccccc23)C1)C(F)(F)F. The molecule has 1 unspecified atom stereocenters. The molecule has 0 spiro atoms. The highest BCUT2D eigenvalue weighted by Crippen LogP contribution is 2.30. The van der Waals surface area contributed by atoms with Crippen LogP contribution in [-0.2, 0) is 4.79 Å². The number of nitrogens with one attached hydrogen (secondary N) is 1. The van der Waals surface area contributed by atoms with E-state index in [9.17, 15) is 18.0 Å². The Kier molecular flexibility index (Phi) is 5.52. The number of nitrogens with zero attached hydrogens (tertiary/aromatic N) is 4.